The lowest BCUT2D eigenvalue weighted by Gasteiger charge is -2.07. The molecule has 4 aromatic rings. The van der Waals surface area contributed by atoms with Crippen LogP contribution in [0.15, 0.2) is 47.3 Å². The maximum absolute atomic E-state index is 12.4. The number of aromatic amines is 1. The van der Waals surface area contributed by atoms with Gasteiger partial charge in [-0.25, -0.2) is 9.78 Å². The second kappa shape index (κ2) is 7.48. The summed E-state index contributed by atoms with van der Waals surface area (Å²) < 4.78 is 6.09. The molecular weight excluding hydrogens is 390 g/mol. The van der Waals surface area contributed by atoms with E-state index in [2.05, 4.69) is 15.3 Å². The zero-order chi connectivity index (χ0) is 20.5. The number of thiazole rings is 1. The summed E-state index contributed by atoms with van der Waals surface area (Å²) in [5, 5.41) is 3.65. The van der Waals surface area contributed by atoms with Crippen molar-refractivity contribution in [1.29, 1.82) is 0 Å². The summed E-state index contributed by atoms with van der Waals surface area (Å²) in [4.78, 5) is 43.5. The molecule has 29 heavy (non-hydrogen) atoms. The third-order valence-corrected chi connectivity index (χ3v) is 5.30. The molecule has 146 valence electrons. The number of hydrogen-bond donors (Lipinski definition) is 2. The predicted molar refractivity (Wildman–Crippen MR) is 113 cm³/mol. The molecule has 0 aliphatic heterocycles. The Balaban J connectivity index is 1.47. The first-order valence-electron chi connectivity index (χ1n) is 8.87. The fourth-order valence-corrected chi connectivity index (χ4v) is 4.22. The van der Waals surface area contributed by atoms with E-state index in [1.54, 1.807) is 24.3 Å². The summed E-state index contributed by atoms with van der Waals surface area (Å²) >= 11 is 1.36. The van der Waals surface area contributed by atoms with Gasteiger partial charge < -0.3 is 9.72 Å². The monoisotopic (exact) mass is 407 g/mol. The molecule has 2 aromatic heterocycles. The first-order chi connectivity index (χ1) is 13.9. The van der Waals surface area contributed by atoms with Crippen molar-refractivity contribution in [3.8, 4) is 0 Å². The van der Waals surface area contributed by atoms with Crippen LogP contribution in [0, 0.1) is 13.8 Å². The lowest BCUT2D eigenvalue weighted by Crippen LogP contribution is -2.21. The number of amides is 1. The van der Waals surface area contributed by atoms with E-state index in [1.807, 2.05) is 26.0 Å². The topological polar surface area (TPSA) is 101 Å². The summed E-state index contributed by atoms with van der Waals surface area (Å²) in [5.74, 6) is -1.24. The van der Waals surface area contributed by atoms with Gasteiger partial charge in [0.05, 0.1) is 15.8 Å². The maximum Gasteiger partial charge on any atom is 0.339 e. The van der Waals surface area contributed by atoms with Gasteiger partial charge in [-0.05, 0) is 37.1 Å². The Morgan fingerprint density at radius 2 is 1.97 bits per heavy atom. The van der Waals surface area contributed by atoms with E-state index in [-0.39, 0.29) is 5.56 Å². The lowest BCUT2D eigenvalue weighted by atomic mass is 10.1. The summed E-state index contributed by atoms with van der Waals surface area (Å²) in [7, 11) is 0. The average molecular weight is 407 g/mol. The summed E-state index contributed by atoms with van der Waals surface area (Å²) in [6.45, 7) is 3.49. The highest BCUT2D eigenvalue weighted by Gasteiger charge is 2.16. The number of aryl methyl sites for hydroxylation is 2. The summed E-state index contributed by atoms with van der Waals surface area (Å²) in [5.41, 5.74) is 3.21. The quantitative estimate of drug-likeness (QED) is 0.504. The summed E-state index contributed by atoms with van der Waals surface area (Å²) in [6.07, 6.45) is 0. The Bertz CT molecular complexity index is 1320. The Morgan fingerprint density at radius 3 is 2.79 bits per heavy atom. The number of ether oxygens (including phenoxy) is 1. The smallest absolute Gasteiger partial charge is 0.339 e. The fourth-order valence-electron chi connectivity index (χ4n) is 3.16. The lowest BCUT2D eigenvalue weighted by molar-refractivity contribution is -0.119. The number of carbonyl (C=O) groups is 2. The number of fused-ring (bicyclic) bond motifs is 2. The molecule has 0 fully saturated rings. The number of esters is 1. The molecule has 0 bridgehead atoms. The van der Waals surface area contributed by atoms with Gasteiger partial charge in [0.2, 0.25) is 5.56 Å². The van der Waals surface area contributed by atoms with Gasteiger partial charge in [-0.2, -0.15) is 0 Å². The van der Waals surface area contributed by atoms with E-state index in [4.69, 9.17) is 4.74 Å². The van der Waals surface area contributed by atoms with Crippen LogP contribution in [0.5, 0.6) is 0 Å². The van der Waals surface area contributed by atoms with E-state index < -0.39 is 24.0 Å². The van der Waals surface area contributed by atoms with E-state index in [0.717, 1.165) is 21.3 Å². The molecule has 0 aliphatic rings. The number of hydrogen-bond acceptors (Lipinski definition) is 6. The van der Waals surface area contributed by atoms with E-state index in [1.165, 1.54) is 17.4 Å². The highest BCUT2D eigenvalue weighted by molar-refractivity contribution is 7.22. The highest BCUT2D eigenvalue weighted by atomic mass is 32.1. The molecule has 0 spiro atoms. The Hall–Kier alpha value is -3.52. The Labute approximate surface area is 169 Å². The molecule has 2 N–H and O–H groups in total. The van der Waals surface area contributed by atoms with Crippen LogP contribution in [0.25, 0.3) is 21.1 Å². The standard InChI is InChI=1S/C21H17N3O4S/c1-11-7-12(2)19-16(8-11)29-21(24-19)23-18(26)10-28-20(27)14-9-17(25)22-15-6-4-3-5-13(14)15/h3-9H,10H2,1-2H3,(H,22,25)(H,23,24,26). The first kappa shape index (κ1) is 18.8. The van der Waals surface area contributed by atoms with E-state index >= 15 is 0 Å². The van der Waals surface area contributed by atoms with Gasteiger partial charge in [0.15, 0.2) is 11.7 Å². The number of H-pyrrole nitrogens is 1. The molecule has 2 heterocycles. The van der Waals surface area contributed by atoms with Crippen molar-refractivity contribution in [2.45, 2.75) is 13.8 Å². The molecule has 0 radical (unpaired) electrons. The minimum absolute atomic E-state index is 0.114. The van der Waals surface area contributed by atoms with Crippen molar-refractivity contribution in [2.75, 3.05) is 11.9 Å². The Morgan fingerprint density at radius 1 is 1.17 bits per heavy atom. The number of benzene rings is 2. The molecule has 8 heteroatoms. The molecule has 0 aliphatic carbocycles. The van der Waals surface area contributed by atoms with Gasteiger partial charge in [0.1, 0.15) is 0 Å². The molecule has 4 rings (SSSR count). The zero-order valence-corrected chi connectivity index (χ0v) is 16.6. The number of aromatic nitrogens is 2. The molecule has 0 saturated heterocycles. The van der Waals surface area contributed by atoms with E-state index in [9.17, 15) is 14.4 Å². The normalized spacial score (nSPS) is 11.0. The van der Waals surface area contributed by atoms with Crippen LogP contribution in [0.2, 0.25) is 0 Å². The van der Waals surface area contributed by atoms with Crippen LogP contribution in [-0.2, 0) is 9.53 Å². The van der Waals surface area contributed by atoms with Gasteiger partial charge in [-0.15, -0.1) is 0 Å². The number of para-hydroxylation sites is 1. The van der Waals surface area contributed by atoms with Gasteiger partial charge in [0.25, 0.3) is 5.91 Å². The van der Waals surface area contributed by atoms with Gasteiger partial charge in [-0.3, -0.25) is 14.9 Å². The molecule has 2 aromatic carbocycles. The maximum atomic E-state index is 12.4. The minimum atomic E-state index is -0.738. The SMILES string of the molecule is Cc1cc(C)c2nc(NC(=O)COC(=O)c3cc(=O)[nH]c4ccccc34)sc2c1. The van der Waals surface area contributed by atoms with Crippen LogP contribution in [0.3, 0.4) is 0 Å². The molecule has 0 unspecified atom stereocenters. The minimum Gasteiger partial charge on any atom is -0.452 e. The number of nitrogens with one attached hydrogen (secondary N) is 2. The van der Waals surface area contributed by atoms with Gasteiger partial charge >= 0.3 is 5.97 Å². The highest BCUT2D eigenvalue weighted by Crippen LogP contribution is 2.29. The van der Waals surface area contributed by atoms with Crippen molar-refractivity contribution < 1.29 is 14.3 Å². The van der Waals surface area contributed by atoms with Crippen molar-refractivity contribution in [3.63, 3.8) is 0 Å². The number of pyridine rings is 1. The molecular formula is C21H17N3O4S. The second-order valence-corrected chi connectivity index (χ2v) is 7.70. The predicted octanol–water partition coefficient (Wildman–Crippen LogP) is 3.55. The number of rotatable bonds is 4. The number of nitrogens with zero attached hydrogens (tertiary/aromatic N) is 1. The van der Waals surface area contributed by atoms with Crippen LogP contribution in [0.1, 0.15) is 21.5 Å². The summed E-state index contributed by atoms with van der Waals surface area (Å²) in [6, 6.07) is 12.1. The van der Waals surface area contributed by atoms with Crippen LogP contribution in [-0.4, -0.2) is 28.5 Å². The van der Waals surface area contributed by atoms with Crippen LogP contribution < -0.4 is 10.9 Å². The van der Waals surface area contributed by atoms with Gasteiger partial charge in [0, 0.05) is 17.0 Å². The number of carbonyl (C=O) groups excluding carboxylic acids is 2. The Kier molecular flexibility index (Phi) is 4.85. The largest absolute Gasteiger partial charge is 0.452 e. The van der Waals surface area contributed by atoms with Gasteiger partial charge in [-0.1, -0.05) is 35.6 Å². The third-order valence-electron chi connectivity index (χ3n) is 4.38. The fraction of sp³-hybridized carbons (Fsp3) is 0.143. The van der Waals surface area contributed by atoms with Crippen molar-refractivity contribution in [2.24, 2.45) is 0 Å². The van der Waals surface area contributed by atoms with E-state index in [0.29, 0.717) is 16.0 Å². The zero-order valence-electron chi connectivity index (χ0n) is 15.7. The van der Waals surface area contributed by atoms with Crippen molar-refractivity contribution in [3.05, 3.63) is 69.5 Å². The van der Waals surface area contributed by atoms with Crippen molar-refractivity contribution in [1.82, 2.24) is 9.97 Å². The average Bonchev–Trinajstić information content (AvgIpc) is 3.08. The molecule has 1 amide bonds. The number of anilines is 1. The molecule has 7 nitrogen and oxygen atoms in total. The molecule has 0 atom stereocenters. The van der Waals surface area contributed by atoms with Crippen LogP contribution >= 0.6 is 11.3 Å². The van der Waals surface area contributed by atoms with Crippen molar-refractivity contribution >= 4 is 49.5 Å². The first-order valence-corrected chi connectivity index (χ1v) is 9.69. The third kappa shape index (κ3) is 3.88. The molecule has 0 saturated carbocycles. The van der Waals surface area contributed by atoms with Crippen LogP contribution in [0.4, 0.5) is 5.13 Å². The second-order valence-electron chi connectivity index (χ2n) is 6.66.